The third kappa shape index (κ3) is 4.69. The Bertz CT molecular complexity index is 1410. The monoisotopic (exact) mass is 491 g/mol. The number of carbonyl (C=O) groups is 1. The van der Waals surface area contributed by atoms with E-state index < -0.39 is 5.97 Å². The Balaban J connectivity index is 1.47. The maximum atomic E-state index is 13.3. The van der Waals surface area contributed by atoms with Crippen molar-refractivity contribution in [1.82, 2.24) is 19.3 Å². The molecule has 180 valence electrons. The Kier molecular flexibility index (Phi) is 6.36. The molecule has 0 bridgehead atoms. The molecular formula is C26H26FN5O2S. The van der Waals surface area contributed by atoms with Gasteiger partial charge in [-0.1, -0.05) is 13.0 Å². The van der Waals surface area contributed by atoms with Gasteiger partial charge in [0.2, 0.25) is 0 Å². The lowest BCUT2D eigenvalue weighted by atomic mass is 10.0. The summed E-state index contributed by atoms with van der Waals surface area (Å²) in [7, 11) is 1.99. The quantitative estimate of drug-likeness (QED) is 0.388. The van der Waals surface area contributed by atoms with Gasteiger partial charge in [-0.2, -0.15) is 0 Å². The fourth-order valence-electron chi connectivity index (χ4n) is 4.43. The molecule has 1 aliphatic rings. The molecule has 9 heteroatoms. The van der Waals surface area contributed by atoms with Gasteiger partial charge in [0.1, 0.15) is 17.3 Å². The van der Waals surface area contributed by atoms with Crippen LogP contribution in [0.3, 0.4) is 0 Å². The van der Waals surface area contributed by atoms with Gasteiger partial charge in [0.25, 0.3) is 0 Å². The fourth-order valence-corrected chi connectivity index (χ4v) is 5.24. The number of halogens is 1. The maximum Gasteiger partial charge on any atom is 0.317 e. The van der Waals surface area contributed by atoms with Crippen molar-refractivity contribution in [2.24, 2.45) is 0 Å². The number of imidazole rings is 1. The van der Waals surface area contributed by atoms with Crippen molar-refractivity contribution in [3.8, 4) is 11.3 Å². The van der Waals surface area contributed by atoms with Crippen LogP contribution in [0.4, 0.5) is 15.3 Å². The molecular weight excluding hydrogens is 465 g/mol. The molecule has 1 aliphatic heterocycles. The standard InChI is InChI=1S/C26H26FN5O2S/c1-3-21-25(30(2)26-29-22(16-35-26)18-4-7-20(27)8-5-18)32-14-19(6-9-23(32)28-21)17-10-12-31(13-11-17)15-24(33)34/h4-10,14,16H,3,11-13,15H2,1-2H3,(H,33,34). The number of anilines is 2. The third-order valence-electron chi connectivity index (χ3n) is 6.26. The van der Waals surface area contributed by atoms with E-state index in [1.807, 2.05) is 23.4 Å². The molecule has 0 saturated carbocycles. The summed E-state index contributed by atoms with van der Waals surface area (Å²) >= 11 is 1.54. The predicted octanol–water partition coefficient (Wildman–Crippen LogP) is 5.10. The Hall–Kier alpha value is -3.56. The number of carboxylic acids is 1. The van der Waals surface area contributed by atoms with E-state index >= 15 is 0 Å². The van der Waals surface area contributed by atoms with Gasteiger partial charge in [0.05, 0.1) is 17.9 Å². The number of hydrogen-bond acceptors (Lipinski definition) is 6. The van der Waals surface area contributed by atoms with Crippen molar-refractivity contribution in [2.45, 2.75) is 19.8 Å². The van der Waals surface area contributed by atoms with Crippen molar-refractivity contribution >= 4 is 39.5 Å². The summed E-state index contributed by atoms with van der Waals surface area (Å²) in [5.74, 6) is -0.0994. The van der Waals surface area contributed by atoms with E-state index in [1.165, 1.54) is 29.0 Å². The van der Waals surface area contributed by atoms with Crippen molar-refractivity contribution in [2.75, 3.05) is 31.6 Å². The number of rotatable bonds is 7. The fraction of sp³-hybridized carbons (Fsp3) is 0.269. The van der Waals surface area contributed by atoms with Gasteiger partial charge in [-0.05, 0) is 60.4 Å². The number of aryl methyl sites for hydroxylation is 1. The van der Waals surface area contributed by atoms with Crippen molar-refractivity contribution in [3.05, 3.63) is 71.1 Å². The molecule has 7 nitrogen and oxygen atoms in total. The molecule has 0 saturated heterocycles. The highest BCUT2D eigenvalue weighted by Crippen LogP contribution is 2.34. The predicted molar refractivity (Wildman–Crippen MR) is 137 cm³/mol. The topological polar surface area (TPSA) is 74.0 Å². The third-order valence-corrected chi connectivity index (χ3v) is 7.17. The summed E-state index contributed by atoms with van der Waals surface area (Å²) in [5, 5.41) is 11.9. The molecule has 0 spiro atoms. The van der Waals surface area contributed by atoms with Crippen LogP contribution in [0.25, 0.3) is 22.5 Å². The number of thiazole rings is 1. The first-order chi connectivity index (χ1) is 16.9. The van der Waals surface area contributed by atoms with Crippen LogP contribution in [0.1, 0.15) is 24.6 Å². The van der Waals surface area contributed by atoms with E-state index in [0.717, 1.165) is 58.5 Å². The second-order valence-corrected chi connectivity index (χ2v) is 9.41. The minimum Gasteiger partial charge on any atom is -0.480 e. The SMILES string of the molecule is CCc1nc2ccc(C3=CCN(CC(=O)O)CC3)cn2c1N(C)c1nc(-c2ccc(F)cc2)cs1. The minimum absolute atomic E-state index is 0.0624. The molecule has 5 rings (SSSR count). The molecule has 4 heterocycles. The summed E-state index contributed by atoms with van der Waals surface area (Å²) in [6.45, 7) is 3.50. The molecule has 1 N–H and O–H groups in total. The van der Waals surface area contributed by atoms with E-state index in [1.54, 1.807) is 12.1 Å². The van der Waals surface area contributed by atoms with E-state index in [0.29, 0.717) is 6.54 Å². The summed E-state index contributed by atoms with van der Waals surface area (Å²) < 4.78 is 15.4. The lowest BCUT2D eigenvalue weighted by molar-refractivity contribution is -0.138. The zero-order chi connectivity index (χ0) is 24.5. The number of hydrogen-bond donors (Lipinski definition) is 1. The molecule has 0 radical (unpaired) electrons. The van der Waals surface area contributed by atoms with Crippen LogP contribution in [0, 0.1) is 5.82 Å². The lowest BCUT2D eigenvalue weighted by Crippen LogP contribution is -2.33. The number of nitrogens with zero attached hydrogens (tertiary/aromatic N) is 5. The van der Waals surface area contributed by atoms with Crippen LogP contribution in [0.15, 0.2) is 54.1 Å². The normalized spacial score (nSPS) is 14.3. The lowest BCUT2D eigenvalue weighted by Gasteiger charge is -2.25. The van der Waals surface area contributed by atoms with Crippen LogP contribution >= 0.6 is 11.3 Å². The highest BCUT2D eigenvalue weighted by molar-refractivity contribution is 7.14. The molecule has 3 aromatic heterocycles. The Morgan fingerprint density at radius 2 is 1.94 bits per heavy atom. The van der Waals surface area contributed by atoms with Crippen molar-refractivity contribution in [1.29, 1.82) is 0 Å². The average Bonchev–Trinajstić information content (AvgIpc) is 3.49. The second kappa shape index (κ2) is 9.59. The Morgan fingerprint density at radius 1 is 1.17 bits per heavy atom. The van der Waals surface area contributed by atoms with Crippen LogP contribution in [-0.2, 0) is 11.2 Å². The first kappa shape index (κ1) is 23.2. The number of benzene rings is 1. The van der Waals surface area contributed by atoms with Gasteiger partial charge in [-0.3, -0.25) is 14.1 Å². The zero-order valence-electron chi connectivity index (χ0n) is 19.6. The van der Waals surface area contributed by atoms with Gasteiger partial charge >= 0.3 is 5.97 Å². The first-order valence-electron chi connectivity index (χ1n) is 11.5. The zero-order valence-corrected chi connectivity index (χ0v) is 20.4. The van der Waals surface area contributed by atoms with Crippen molar-refractivity contribution in [3.63, 3.8) is 0 Å². The van der Waals surface area contributed by atoms with Crippen LogP contribution in [0.2, 0.25) is 0 Å². The number of aliphatic carboxylic acids is 1. The van der Waals surface area contributed by atoms with Crippen LogP contribution in [0.5, 0.6) is 0 Å². The summed E-state index contributed by atoms with van der Waals surface area (Å²) in [4.78, 5) is 24.7. The second-order valence-electron chi connectivity index (χ2n) is 8.57. The largest absolute Gasteiger partial charge is 0.480 e. The summed E-state index contributed by atoms with van der Waals surface area (Å²) in [6, 6.07) is 10.5. The van der Waals surface area contributed by atoms with Gasteiger partial charge in [0.15, 0.2) is 5.13 Å². The minimum atomic E-state index is -0.800. The highest BCUT2D eigenvalue weighted by Gasteiger charge is 2.21. The van der Waals surface area contributed by atoms with Gasteiger partial charge < -0.3 is 10.0 Å². The number of fused-ring (bicyclic) bond motifs is 1. The molecule has 4 aromatic rings. The van der Waals surface area contributed by atoms with Gasteiger partial charge in [-0.15, -0.1) is 11.3 Å². The van der Waals surface area contributed by atoms with E-state index in [-0.39, 0.29) is 12.4 Å². The maximum absolute atomic E-state index is 13.3. The molecule has 0 fully saturated rings. The molecule has 0 atom stereocenters. The number of pyridine rings is 1. The smallest absolute Gasteiger partial charge is 0.317 e. The van der Waals surface area contributed by atoms with Crippen LogP contribution in [-0.4, -0.2) is 57.0 Å². The number of aromatic nitrogens is 3. The summed E-state index contributed by atoms with van der Waals surface area (Å²) in [6.07, 6.45) is 5.80. The first-order valence-corrected chi connectivity index (χ1v) is 12.4. The Labute approximate surface area is 206 Å². The van der Waals surface area contributed by atoms with Crippen molar-refractivity contribution < 1.29 is 14.3 Å². The van der Waals surface area contributed by atoms with E-state index in [9.17, 15) is 9.18 Å². The molecule has 0 amide bonds. The molecule has 1 aromatic carbocycles. The summed E-state index contributed by atoms with van der Waals surface area (Å²) in [5.41, 5.74) is 5.84. The number of carboxylic acid groups (broad SMARTS) is 1. The Morgan fingerprint density at radius 3 is 2.63 bits per heavy atom. The average molecular weight is 492 g/mol. The molecule has 0 unspecified atom stereocenters. The van der Waals surface area contributed by atoms with Gasteiger partial charge in [0, 0.05) is 37.3 Å². The molecule has 35 heavy (non-hydrogen) atoms. The molecule has 0 aliphatic carbocycles. The highest BCUT2D eigenvalue weighted by atomic mass is 32.1. The van der Waals surface area contributed by atoms with E-state index in [2.05, 4.69) is 34.6 Å². The van der Waals surface area contributed by atoms with Gasteiger partial charge in [-0.25, -0.2) is 14.4 Å². The van der Waals surface area contributed by atoms with Crippen LogP contribution < -0.4 is 4.90 Å². The van der Waals surface area contributed by atoms with E-state index in [4.69, 9.17) is 15.1 Å².